The van der Waals surface area contributed by atoms with Crippen molar-refractivity contribution in [2.75, 3.05) is 33.4 Å². The van der Waals surface area contributed by atoms with Gasteiger partial charge in [0.05, 0.1) is 18.2 Å². The maximum Gasteiger partial charge on any atom is 0.319 e. The van der Waals surface area contributed by atoms with Crippen molar-refractivity contribution in [1.82, 2.24) is 25.3 Å². The second kappa shape index (κ2) is 8.19. The van der Waals surface area contributed by atoms with Crippen LogP contribution >= 0.6 is 11.8 Å². The molecule has 0 radical (unpaired) electrons. The lowest BCUT2D eigenvalue weighted by atomic mass is 9.97. The molecule has 0 aromatic carbocycles. The summed E-state index contributed by atoms with van der Waals surface area (Å²) in [6, 6.07) is -0.0545. The van der Waals surface area contributed by atoms with Crippen molar-refractivity contribution in [2.45, 2.75) is 25.1 Å². The molecule has 128 valence electrons. The predicted molar refractivity (Wildman–Crippen MR) is 86.7 cm³/mol. The van der Waals surface area contributed by atoms with Gasteiger partial charge in [-0.1, -0.05) is 5.16 Å². The molecule has 1 atom stereocenters. The molecule has 0 bridgehead atoms. The normalized spacial score (nSPS) is 17.9. The number of nitrogens with one attached hydrogen (secondary N) is 1. The highest BCUT2D eigenvalue weighted by molar-refractivity contribution is 7.97. The molecule has 1 saturated heterocycles. The molecule has 3 amide bonds. The first kappa shape index (κ1) is 17.6. The van der Waals surface area contributed by atoms with Crippen LogP contribution in [0.3, 0.4) is 0 Å². The van der Waals surface area contributed by atoms with Crippen molar-refractivity contribution in [3.63, 3.8) is 0 Å². The number of piperidine rings is 1. The minimum absolute atomic E-state index is 0.0545. The van der Waals surface area contributed by atoms with Gasteiger partial charge in [0, 0.05) is 27.2 Å². The van der Waals surface area contributed by atoms with Crippen molar-refractivity contribution in [3.8, 4) is 0 Å². The van der Waals surface area contributed by atoms with E-state index in [4.69, 9.17) is 4.52 Å². The summed E-state index contributed by atoms with van der Waals surface area (Å²) < 4.78 is 5.09. The molecule has 1 aliphatic rings. The summed E-state index contributed by atoms with van der Waals surface area (Å²) in [5.41, 5.74) is 0. The molecule has 8 nitrogen and oxygen atoms in total. The van der Waals surface area contributed by atoms with Crippen LogP contribution in [0.15, 0.2) is 4.52 Å². The van der Waals surface area contributed by atoms with Crippen LogP contribution in [-0.4, -0.2) is 65.3 Å². The summed E-state index contributed by atoms with van der Waals surface area (Å²) in [6.07, 6.45) is 3.57. The maximum absolute atomic E-state index is 12.3. The summed E-state index contributed by atoms with van der Waals surface area (Å²) in [6.45, 7) is 1.37. The Morgan fingerprint density at radius 3 is 2.96 bits per heavy atom. The summed E-state index contributed by atoms with van der Waals surface area (Å²) >= 11 is 1.61. The number of aromatic nitrogens is 2. The third-order valence-electron chi connectivity index (χ3n) is 3.64. The van der Waals surface area contributed by atoms with E-state index in [9.17, 15) is 9.59 Å². The lowest BCUT2D eigenvalue weighted by molar-refractivity contribution is -0.126. The molecule has 1 N–H and O–H groups in total. The van der Waals surface area contributed by atoms with E-state index in [1.165, 1.54) is 4.90 Å². The van der Waals surface area contributed by atoms with Gasteiger partial charge in [-0.05, 0) is 19.1 Å². The average molecular weight is 341 g/mol. The first-order valence-electron chi connectivity index (χ1n) is 7.55. The monoisotopic (exact) mass is 341 g/mol. The Morgan fingerprint density at radius 2 is 2.26 bits per heavy atom. The Kier molecular flexibility index (Phi) is 6.26. The number of carbonyl (C=O) groups excluding carboxylic acids is 2. The highest BCUT2D eigenvalue weighted by atomic mass is 32.2. The van der Waals surface area contributed by atoms with Crippen LogP contribution in [0, 0.1) is 5.92 Å². The molecule has 1 fully saturated rings. The zero-order valence-corrected chi connectivity index (χ0v) is 14.6. The molecule has 0 aliphatic carbocycles. The predicted octanol–water partition coefficient (Wildman–Crippen LogP) is 0.942. The van der Waals surface area contributed by atoms with Crippen LogP contribution in [0.1, 0.15) is 24.6 Å². The van der Waals surface area contributed by atoms with Crippen LogP contribution < -0.4 is 5.32 Å². The van der Waals surface area contributed by atoms with Gasteiger partial charge in [0.1, 0.15) is 0 Å². The van der Waals surface area contributed by atoms with Crippen LogP contribution in [0.25, 0.3) is 0 Å². The molecule has 0 spiro atoms. The molecule has 1 aromatic heterocycles. The van der Waals surface area contributed by atoms with Crippen LogP contribution in [0.2, 0.25) is 0 Å². The maximum atomic E-state index is 12.3. The van der Waals surface area contributed by atoms with E-state index in [0.29, 0.717) is 30.6 Å². The van der Waals surface area contributed by atoms with Gasteiger partial charge in [-0.3, -0.25) is 4.79 Å². The van der Waals surface area contributed by atoms with Gasteiger partial charge < -0.3 is 19.6 Å². The summed E-state index contributed by atoms with van der Waals surface area (Å²) in [7, 11) is 3.43. The topological polar surface area (TPSA) is 91.6 Å². The number of thioether (sulfide) groups is 1. The molecular formula is C14H23N5O3S. The number of carbonyl (C=O) groups is 2. The van der Waals surface area contributed by atoms with Crippen molar-refractivity contribution in [3.05, 3.63) is 11.7 Å². The second-order valence-corrected chi connectivity index (χ2v) is 6.58. The largest absolute Gasteiger partial charge is 0.347 e. The first-order valence-corrected chi connectivity index (χ1v) is 8.95. The third kappa shape index (κ3) is 4.85. The Labute approximate surface area is 140 Å². The Morgan fingerprint density at radius 1 is 1.48 bits per heavy atom. The molecule has 2 rings (SSSR count). The van der Waals surface area contributed by atoms with Crippen LogP contribution in [-0.2, 0) is 17.1 Å². The Hall–Kier alpha value is -1.77. The highest BCUT2D eigenvalue weighted by Crippen LogP contribution is 2.17. The summed E-state index contributed by atoms with van der Waals surface area (Å²) in [5.74, 6) is 1.44. The van der Waals surface area contributed by atoms with Gasteiger partial charge in [0.15, 0.2) is 5.82 Å². The fourth-order valence-electron chi connectivity index (χ4n) is 2.50. The summed E-state index contributed by atoms with van der Waals surface area (Å²) in [5, 5.41) is 6.65. The molecule has 1 aromatic rings. The van der Waals surface area contributed by atoms with Gasteiger partial charge in [-0.2, -0.15) is 16.7 Å². The van der Waals surface area contributed by atoms with E-state index in [0.717, 1.165) is 12.8 Å². The van der Waals surface area contributed by atoms with Crippen molar-refractivity contribution < 1.29 is 14.1 Å². The highest BCUT2D eigenvalue weighted by Gasteiger charge is 2.29. The fourth-order valence-corrected chi connectivity index (χ4v) is 2.88. The standard InChI is InChI=1S/C14H23N5O3S/c1-18(2)14(21)19-6-4-5-10(8-19)13(20)15-7-12-16-11(9-23-3)17-22-12/h10H,4-9H2,1-3H3,(H,15,20)/t10-/m1/s1. The number of likely N-dealkylation sites (tertiary alicyclic amines) is 1. The van der Waals surface area contributed by atoms with E-state index in [1.807, 2.05) is 6.26 Å². The lowest BCUT2D eigenvalue weighted by Crippen LogP contribution is -2.48. The quantitative estimate of drug-likeness (QED) is 0.857. The number of rotatable bonds is 5. The molecule has 0 saturated carbocycles. The third-order valence-corrected chi connectivity index (χ3v) is 4.19. The van der Waals surface area contributed by atoms with Gasteiger partial charge >= 0.3 is 6.03 Å². The number of hydrogen-bond acceptors (Lipinski definition) is 6. The van der Waals surface area contributed by atoms with Gasteiger partial charge in [0.25, 0.3) is 0 Å². The first-order chi connectivity index (χ1) is 11.0. The fraction of sp³-hybridized carbons (Fsp3) is 0.714. The molecule has 1 aliphatic heterocycles. The molecular weight excluding hydrogens is 318 g/mol. The van der Waals surface area contributed by atoms with Gasteiger partial charge in [-0.15, -0.1) is 0 Å². The van der Waals surface area contributed by atoms with E-state index in [2.05, 4.69) is 15.5 Å². The van der Waals surface area contributed by atoms with E-state index in [-0.39, 0.29) is 24.4 Å². The average Bonchev–Trinajstić information content (AvgIpc) is 3.00. The van der Waals surface area contributed by atoms with Crippen molar-refractivity contribution >= 4 is 23.7 Å². The van der Waals surface area contributed by atoms with Crippen molar-refractivity contribution in [1.29, 1.82) is 0 Å². The van der Waals surface area contributed by atoms with Crippen LogP contribution in [0.5, 0.6) is 0 Å². The SMILES string of the molecule is CSCc1noc(CNC(=O)[C@@H]2CCCN(C(=O)N(C)C)C2)n1. The zero-order chi connectivity index (χ0) is 16.8. The molecule has 9 heteroatoms. The Bertz CT molecular complexity index is 548. The molecule has 0 unspecified atom stereocenters. The molecule has 2 heterocycles. The molecule has 23 heavy (non-hydrogen) atoms. The van der Waals surface area contributed by atoms with Gasteiger partial charge in [0.2, 0.25) is 11.8 Å². The Balaban J connectivity index is 1.83. The number of hydrogen-bond donors (Lipinski definition) is 1. The minimum atomic E-state index is -0.193. The number of amides is 3. The van der Waals surface area contributed by atoms with E-state index < -0.39 is 0 Å². The number of urea groups is 1. The van der Waals surface area contributed by atoms with E-state index in [1.54, 1.807) is 30.8 Å². The second-order valence-electron chi connectivity index (χ2n) is 5.72. The van der Waals surface area contributed by atoms with Gasteiger partial charge in [-0.25, -0.2) is 4.79 Å². The summed E-state index contributed by atoms with van der Waals surface area (Å²) in [4.78, 5) is 31.7. The smallest absolute Gasteiger partial charge is 0.319 e. The number of nitrogens with zero attached hydrogens (tertiary/aromatic N) is 4. The zero-order valence-electron chi connectivity index (χ0n) is 13.7. The van der Waals surface area contributed by atoms with Crippen LogP contribution in [0.4, 0.5) is 4.79 Å². The lowest BCUT2D eigenvalue weighted by Gasteiger charge is -2.33. The van der Waals surface area contributed by atoms with E-state index >= 15 is 0 Å². The van der Waals surface area contributed by atoms with Crippen molar-refractivity contribution in [2.24, 2.45) is 5.92 Å². The minimum Gasteiger partial charge on any atom is -0.347 e.